The molecule has 0 atom stereocenters. The van der Waals surface area contributed by atoms with Crippen LogP contribution >= 0.6 is 22.7 Å². The summed E-state index contributed by atoms with van der Waals surface area (Å²) in [6.07, 6.45) is 0. The Morgan fingerprint density at radius 3 is 1.72 bits per heavy atom. The number of thiophene rings is 2. The second-order valence-corrected chi connectivity index (χ2v) is 12.3. The molecule has 0 aliphatic heterocycles. The fourth-order valence-electron chi connectivity index (χ4n) is 6.17. The Bertz CT molecular complexity index is 2380. The Balaban J connectivity index is 1.23. The van der Waals surface area contributed by atoms with Gasteiger partial charge in [-0.2, -0.15) is 0 Å². The Hall–Kier alpha value is -4.44. The van der Waals surface area contributed by atoms with E-state index in [-0.39, 0.29) is 0 Å². The maximum atomic E-state index is 2.43. The lowest BCUT2D eigenvalue weighted by molar-refractivity contribution is 1.18. The van der Waals surface area contributed by atoms with Gasteiger partial charge in [0.15, 0.2) is 0 Å². The summed E-state index contributed by atoms with van der Waals surface area (Å²) in [5.41, 5.74) is 6.19. The molecule has 0 aliphatic rings. The fraction of sp³-hybridized carbons (Fsp3) is 0. The molecular formula is C36H21NS2. The van der Waals surface area contributed by atoms with Crippen molar-refractivity contribution in [2.75, 3.05) is 0 Å². The van der Waals surface area contributed by atoms with Crippen LogP contribution in [-0.2, 0) is 0 Å². The third-order valence-corrected chi connectivity index (χ3v) is 10.3. The summed E-state index contributed by atoms with van der Waals surface area (Å²) in [5, 5.41) is 7.96. The van der Waals surface area contributed by atoms with E-state index in [0.717, 1.165) is 0 Å². The van der Waals surface area contributed by atoms with E-state index in [9.17, 15) is 0 Å². The summed E-state index contributed by atoms with van der Waals surface area (Å²) >= 11 is 3.76. The first-order valence-electron chi connectivity index (χ1n) is 13.2. The van der Waals surface area contributed by atoms with Crippen molar-refractivity contribution in [3.63, 3.8) is 0 Å². The van der Waals surface area contributed by atoms with E-state index in [1.807, 2.05) is 22.7 Å². The predicted octanol–water partition coefficient (Wildman–Crippen LogP) is 11.2. The van der Waals surface area contributed by atoms with Crippen LogP contribution in [0.3, 0.4) is 0 Å². The first-order chi connectivity index (χ1) is 19.3. The van der Waals surface area contributed by atoms with Crippen molar-refractivity contribution in [1.29, 1.82) is 0 Å². The van der Waals surface area contributed by atoms with Crippen LogP contribution in [0, 0.1) is 0 Å². The van der Waals surface area contributed by atoms with Crippen LogP contribution in [0.15, 0.2) is 127 Å². The van der Waals surface area contributed by atoms with Crippen LogP contribution in [0.2, 0.25) is 0 Å². The van der Waals surface area contributed by atoms with Gasteiger partial charge in [-0.15, -0.1) is 22.7 Å². The summed E-state index contributed by atoms with van der Waals surface area (Å²) in [5.74, 6) is 0. The van der Waals surface area contributed by atoms with Crippen molar-refractivity contribution in [2.24, 2.45) is 0 Å². The van der Waals surface area contributed by atoms with Crippen LogP contribution in [-0.4, -0.2) is 4.57 Å². The molecule has 0 N–H and O–H groups in total. The average Bonchev–Trinajstić information content (AvgIpc) is 3.65. The molecule has 3 heteroatoms. The van der Waals surface area contributed by atoms with Gasteiger partial charge in [-0.25, -0.2) is 0 Å². The number of hydrogen-bond acceptors (Lipinski definition) is 2. The molecule has 0 unspecified atom stereocenters. The highest BCUT2D eigenvalue weighted by molar-refractivity contribution is 7.26. The lowest BCUT2D eigenvalue weighted by Gasteiger charge is -2.10. The van der Waals surface area contributed by atoms with Gasteiger partial charge in [0.1, 0.15) is 0 Å². The first kappa shape index (κ1) is 21.5. The van der Waals surface area contributed by atoms with Gasteiger partial charge in [0.2, 0.25) is 0 Å². The molecule has 0 amide bonds. The highest BCUT2D eigenvalue weighted by Crippen LogP contribution is 2.41. The normalized spacial score (nSPS) is 12.1. The Morgan fingerprint density at radius 2 is 0.949 bits per heavy atom. The van der Waals surface area contributed by atoms with Gasteiger partial charge < -0.3 is 4.57 Å². The van der Waals surface area contributed by atoms with Gasteiger partial charge >= 0.3 is 0 Å². The van der Waals surface area contributed by atoms with Crippen molar-refractivity contribution >= 4 is 84.8 Å². The highest BCUT2D eigenvalue weighted by atomic mass is 32.1. The van der Waals surface area contributed by atoms with E-state index in [1.54, 1.807) is 0 Å². The molecular weight excluding hydrogens is 511 g/mol. The minimum Gasteiger partial charge on any atom is -0.309 e. The van der Waals surface area contributed by atoms with E-state index >= 15 is 0 Å². The minimum absolute atomic E-state index is 1.19. The molecule has 39 heavy (non-hydrogen) atoms. The number of fused-ring (bicyclic) bond motifs is 9. The Morgan fingerprint density at radius 1 is 0.359 bits per heavy atom. The molecule has 182 valence electrons. The molecule has 0 bridgehead atoms. The van der Waals surface area contributed by atoms with Crippen LogP contribution in [0.1, 0.15) is 0 Å². The molecule has 0 fully saturated rings. The van der Waals surface area contributed by atoms with E-state index in [0.29, 0.717) is 0 Å². The summed E-state index contributed by atoms with van der Waals surface area (Å²) in [6, 6.07) is 47.0. The van der Waals surface area contributed by atoms with Gasteiger partial charge in [-0.3, -0.25) is 0 Å². The molecule has 9 aromatic rings. The van der Waals surface area contributed by atoms with Gasteiger partial charge in [-0.1, -0.05) is 78.9 Å². The maximum absolute atomic E-state index is 2.43. The van der Waals surface area contributed by atoms with Crippen molar-refractivity contribution < 1.29 is 0 Å². The lowest BCUT2D eigenvalue weighted by atomic mass is 10.0. The molecule has 3 heterocycles. The number of hydrogen-bond donors (Lipinski definition) is 0. The predicted molar refractivity (Wildman–Crippen MR) is 172 cm³/mol. The number of benzene rings is 6. The van der Waals surface area contributed by atoms with Gasteiger partial charge in [0, 0.05) is 56.8 Å². The number of para-hydroxylation sites is 1. The van der Waals surface area contributed by atoms with Gasteiger partial charge in [0.25, 0.3) is 0 Å². The van der Waals surface area contributed by atoms with E-state index in [1.165, 1.54) is 79.0 Å². The number of aromatic nitrogens is 1. The van der Waals surface area contributed by atoms with Crippen molar-refractivity contribution in [3.8, 4) is 16.8 Å². The smallest absolute Gasteiger partial charge is 0.0548 e. The molecule has 0 saturated heterocycles. The zero-order valence-corrected chi connectivity index (χ0v) is 22.5. The summed E-state index contributed by atoms with van der Waals surface area (Å²) < 4.78 is 7.80. The largest absolute Gasteiger partial charge is 0.309 e. The second-order valence-electron chi connectivity index (χ2n) is 10.2. The molecule has 3 aromatic heterocycles. The van der Waals surface area contributed by atoms with Crippen molar-refractivity contribution in [3.05, 3.63) is 127 Å². The Labute approximate surface area is 232 Å². The average molecular weight is 532 g/mol. The van der Waals surface area contributed by atoms with E-state index in [4.69, 9.17) is 0 Å². The van der Waals surface area contributed by atoms with Crippen molar-refractivity contribution in [2.45, 2.75) is 0 Å². The third-order valence-electron chi connectivity index (χ3n) is 8.01. The summed E-state index contributed by atoms with van der Waals surface area (Å²) in [4.78, 5) is 0. The van der Waals surface area contributed by atoms with E-state index in [2.05, 4.69) is 132 Å². The SMILES string of the molecule is c1ccc2c(c1)sc1cc(-c3ccc(-n4c5ccccc5c5cc6sc7ccccc7c6cc54)cc3)ccc12. The fourth-order valence-corrected chi connectivity index (χ4v) is 8.45. The Kier molecular flexibility index (Phi) is 4.43. The third kappa shape index (κ3) is 3.12. The summed E-state index contributed by atoms with van der Waals surface area (Å²) in [6.45, 7) is 0. The van der Waals surface area contributed by atoms with Gasteiger partial charge in [0.05, 0.1) is 11.0 Å². The first-order valence-corrected chi connectivity index (χ1v) is 14.8. The van der Waals surface area contributed by atoms with Crippen LogP contribution < -0.4 is 0 Å². The summed E-state index contributed by atoms with van der Waals surface area (Å²) in [7, 11) is 0. The quantitative estimate of drug-likeness (QED) is 0.209. The maximum Gasteiger partial charge on any atom is 0.0548 e. The highest BCUT2D eigenvalue weighted by Gasteiger charge is 2.15. The van der Waals surface area contributed by atoms with Crippen molar-refractivity contribution in [1.82, 2.24) is 4.57 Å². The van der Waals surface area contributed by atoms with Gasteiger partial charge in [-0.05, 0) is 59.7 Å². The molecule has 0 radical (unpaired) electrons. The zero-order chi connectivity index (χ0) is 25.5. The molecule has 1 nitrogen and oxygen atoms in total. The number of nitrogens with zero attached hydrogens (tertiary/aromatic N) is 1. The minimum atomic E-state index is 1.19. The standard InChI is InChI=1S/C36H21NS2/c1-4-10-31-25(7-1)29-21-36-30(27-9-3-6-12-34(27)39-36)20-32(29)37(31)24-16-13-22(14-17-24)23-15-18-28-26-8-2-5-11-33(26)38-35(28)19-23/h1-21H. The molecule has 0 spiro atoms. The van der Waals surface area contributed by atoms with Crippen LogP contribution in [0.25, 0.3) is 79.0 Å². The zero-order valence-electron chi connectivity index (χ0n) is 20.9. The van der Waals surface area contributed by atoms with Crippen LogP contribution in [0.5, 0.6) is 0 Å². The lowest BCUT2D eigenvalue weighted by Crippen LogP contribution is -1.93. The molecule has 0 saturated carbocycles. The molecule has 0 aliphatic carbocycles. The topological polar surface area (TPSA) is 4.93 Å². The van der Waals surface area contributed by atoms with Crippen LogP contribution in [0.4, 0.5) is 0 Å². The number of rotatable bonds is 2. The second kappa shape index (κ2) is 8.03. The molecule has 9 rings (SSSR count). The molecule has 6 aromatic carbocycles. The monoisotopic (exact) mass is 531 g/mol. The van der Waals surface area contributed by atoms with E-state index < -0.39 is 0 Å².